The van der Waals surface area contributed by atoms with E-state index in [4.69, 9.17) is 18.9 Å². The average molecular weight is 491 g/mol. The first-order valence-electron chi connectivity index (χ1n) is 13.9. The molecule has 0 amide bonds. The normalized spacial score (nSPS) is 25.0. The Bertz CT molecular complexity index is 1020. The van der Waals surface area contributed by atoms with E-state index in [1.54, 1.807) is 0 Å². The third kappa shape index (κ3) is 6.72. The molecule has 2 fully saturated rings. The Labute approximate surface area is 217 Å². The highest BCUT2D eigenvalue weighted by molar-refractivity contribution is 5.44. The van der Waals surface area contributed by atoms with E-state index in [9.17, 15) is 0 Å². The smallest absolute Gasteiger partial charge is 0.123 e. The number of hydrogen-bond acceptors (Lipinski definition) is 4. The van der Waals surface area contributed by atoms with Gasteiger partial charge in [0.15, 0.2) is 0 Å². The molecule has 4 heteroatoms. The van der Waals surface area contributed by atoms with Gasteiger partial charge in [-0.2, -0.15) is 0 Å². The van der Waals surface area contributed by atoms with Gasteiger partial charge in [0.1, 0.15) is 36.9 Å². The second-order valence-electron chi connectivity index (χ2n) is 11.4. The number of unbranched alkanes of at least 4 members (excludes halogenated alkanes) is 2. The predicted octanol–water partition coefficient (Wildman–Crippen LogP) is 7.32. The summed E-state index contributed by atoms with van der Waals surface area (Å²) in [6, 6.07) is 15.5. The first-order chi connectivity index (χ1) is 17.5. The topological polar surface area (TPSA) is 43.5 Å². The first-order valence-corrected chi connectivity index (χ1v) is 13.9. The van der Waals surface area contributed by atoms with Crippen molar-refractivity contribution in [2.24, 2.45) is 0 Å². The highest BCUT2D eigenvalue weighted by Gasteiger charge is 2.29. The Hall–Kier alpha value is -2.30. The fraction of sp³-hybridized carbons (Fsp3) is 0.562. The van der Waals surface area contributed by atoms with Gasteiger partial charge in [-0.25, -0.2) is 0 Å². The highest BCUT2D eigenvalue weighted by atomic mass is 16.6. The van der Waals surface area contributed by atoms with E-state index in [0.29, 0.717) is 25.0 Å². The van der Waals surface area contributed by atoms with Gasteiger partial charge in [-0.05, 0) is 54.0 Å². The number of epoxide rings is 2. The predicted molar refractivity (Wildman–Crippen MR) is 144 cm³/mol. The van der Waals surface area contributed by atoms with Gasteiger partial charge in [-0.1, -0.05) is 76.5 Å². The number of allylic oxidation sites excluding steroid dienone is 2. The highest BCUT2D eigenvalue weighted by Crippen LogP contribution is 2.41. The minimum absolute atomic E-state index is 0.0846. The van der Waals surface area contributed by atoms with E-state index in [2.05, 4.69) is 75.4 Å². The Kier molecular flexibility index (Phi) is 8.03. The van der Waals surface area contributed by atoms with Crippen LogP contribution >= 0.6 is 0 Å². The van der Waals surface area contributed by atoms with Crippen LogP contribution in [0.1, 0.15) is 87.8 Å². The van der Waals surface area contributed by atoms with E-state index >= 15 is 0 Å². The van der Waals surface area contributed by atoms with Crippen LogP contribution in [0.3, 0.4) is 0 Å². The molecule has 0 saturated carbocycles. The van der Waals surface area contributed by atoms with E-state index in [-0.39, 0.29) is 17.6 Å². The van der Waals surface area contributed by atoms with Gasteiger partial charge in [0, 0.05) is 17.4 Å². The largest absolute Gasteiger partial charge is 0.491 e. The molecule has 5 rings (SSSR count). The lowest BCUT2D eigenvalue weighted by molar-refractivity contribution is 0.256. The lowest BCUT2D eigenvalue weighted by Crippen LogP contribution is -2.20. The molecule has 0 spiro atoms. The Morgan fingerprint density at radius 3 is 2.03 bits per heavy atom. The average Bonchev–Trinajstić information content (AvgIpc) is 3.82. The van der Waals surface area contributed by atoms with E-state index < -0.39 is 0 Å². The minimum atomic E-state index is 0.0846. The summed E-state index contributed by atoms with van der Waals surface area (Å²) in [7, 11) is 0. The lowest BCUT2D eigenvalue weighted by Gasteiger charge is -2.30. The molecule has 0 bridgehead atoms. The van der Waals surface area contributed by atoms with Gasteiger partial charge in [0.2, 0.25) is 0 Å². The van der Waals surface area contributed by atoms with Crippen LogP contribution in [0.2, 0.25) is 0 Å². The van der Waals surface area contributed by atoms with Crippen LogP contribution in [-0.2, 0) is 14.9 Å². The lowest BCUT2D eigenvalue weighted by atomic mass is 9.76. The second kappa shape index (κ2) is 11.4. The third-order valence-electron chi connectivity index (χ3n) is 7.90. The molecule has 0 aromatic heterocycles. The number of ether oxygens (including phenoxy) is 4. The number of rotatable bonds is 13. The van der Waals surface area contributed by atoms with Gasteiger partial charge in [0.25, 0.3) is 0 Å². The molecule has 2 aliphatic heterocycles. The standard InChI is InChI=1S/C32H42O4/c1-4-5-6-17-32(2,3)30-18-26(13-16-31(30)36-22-29-21-35-29)25-9-7-23(8-10-25)24-11-14-27(15-12-24)33-19-28-20-34-28/h7,9,11-16,18,23,25,28-29H,4-6,8,10,17,19-22H2,1-3H3. The summed E-state index contributed by atoms with van der Waals surface area (Å²) in [5, 5.41) is 0. The number of benzene rings is 2. The molecule has 4 unspecified atom stereocenters. The first kappa shape index (κ1) is 25.4. The second-order valence-corrected chi connectivity index (χ2v) is 11.4. The van der Waals surface area contributed by atoms with Crippen LogP contribution in [0.5, 0.6) is 11.5 Å². The maximum atomic E-state index is 6.25. The fourth-order valence-electron chi connectivity index (χ4n) is 5.27. The quantitative estimate of drug-likeness (QED) is 0.168. The van der Waals surface area contributed by atoms with Crippen molar-refractivity contribution in [1.29, 1.82) is 0 Å². The van der Waals surface area contributed by atoms with Crippen LogP contribution in [0.15, 0.2) is 54.6 Å². The third-order valence-corrected chi connectivity index (χ3v) is 7.90. The summed E-state index contributed by atoms with van der Waals surface area (Å²) in [5.41, 5.74) is 4.20. The van der Waals surface area contributed by atoms with Crippen molar-refractivity contribution in [3.8, 4) is 11.5 Å². The molecule has 0 radical (unpaired) electrons. The molecule has 2 aromatic carbocycles. The molecule has 36 heavy (non-hydrogen) atoms. The zero-order valence-corrected chi connectivity index (χ0v) is 22.2. The molecule has 4 atom stereocenters. The summed E-state index contributed by atoms with van der Waals surface area (Å²) < 4.78 is 22.7. The van der Waals surface area contributed by atoms with Crippen LogP contribution in [-0.4, -0.2) is 38.6 Å². The monoisotopic (exact) mass is 490 g/mol. The molecule has 0 N–H and O–H groups in total. The SMILES string of the molecule is CCCCCC(C)(C)c1cc(C2C=CC(c3ccc(OCC4CO4)cc3)CC2)ccc1OCC1CO1. The molecule has 1 aliphatic carbocycles. The zero-order chi connectivity index (χ0) is 25.0. The maximum Gasteiger partial charge on any atom is 0.123 e. The molecule has 2 saturated heterocycles. The van der Waals surface area contributed by atoms with Gasteiger partial charge in [-0.15, -0.1) is 0 Å². The molecule has 3 aliphatic rings. The van der Waals surface area contributed by atoms with Gasteiger partial charge in [0.05, 0.1) is 13.2 Å². The maximum absolute atomic E-state index is 6.25. The van der Waals surface area contributed by atoms with E-state index in [1.165, 1.54) is 42.4 Å². The summed E-state index contributed by atoms with van der Waals surface area (Å²) >= 11 is 0. The van der Waals surface area contributed by atoms with Crippen LogP contribution in [0.4, 0.5) is 0 Å². The summed E-state index contributed by atoms with van der Waals surface area (Å²) in [6.45, 7) is 9.98. The van der Waals surface area contributed by atoms with Crippen molar-refractivity contribution >= 4 is 0 Å². The summed E-state index contributed by atoms with van der Waals surface area (Å²) in [5.74, 6) is 2.88. The Morgan fingerprint density at radius 2 is 1.42 bits per heavy atom. The molecular weight excluding hydrogens is 448 g/mol. The molecular formula is C32H42O4. The van der Waals surface area contributed by atoms with Gasteiger partial charge >= 0.3 is 0 Å². The van der Waals surface area contributed by atoms with Crippen LogP contribution < -0.4 is 9.47 Å². The van der Waals surface area contributed by atoms with Crippen LogP contribution in [0.25, 0.3) is 0 Å². The van der Waals surface area contributed by atoms with Gasteiger partial charge in [-0.3, -0.25) is 0 Å². The van der Waals surface area contributed by atoms with Crippen molar-refractivity contribution in [3.63, 3.8) is 0 Å². The molecule has 4 nitrogen and oxygen atoms in total. The van der Waals surface area contributed by atoms with Crippen LogP contribution in [0, 0.1) is 0 Å². The van der Waals surface area contributed by atoms with E-state index in [1.807, 2.05) is 0 Å². The molecule has 2 heterocycles. The Balaban J connectivity index is 1.27. The Morgan fingerprint density at radius 1 is 0.806 bits per heavy atom. The zero-order valence-electron chi connectivity index (χ0n) is 22.2. The summed E-state index contributed by atoms with van der Waals surface area (Å²) in [4.78, 5) is 0. The molecule has 194 valence electrons. The van der Waals surface area contributed by atoms with Crippen molar-refractivity contribution in [2.45, 2.75) is 88.8 Å². The molecule has 2 aromatic rings. The van der Waals surface area contributed by atoms with Crippen molar-refractivity contribution in [2.75, 3.05) is 26.4 Å². The van der Waals surface area contributed by atoms with Crippen molar-refractivity contribution in [1.82, 2.24) is 0 Å². The minimum Gasteiger partial charge on any atom is -0.491 e. The number of hydrogen-bond donors (Lipinski definition) is 0. The van der Waals surface area contributed by atoms with Crippen molar-refractivity contribution < 1.29 is 18.9 Å². The van der Waals surface area contributed by atoms with E-state index in [0.717, 1.165) is 37.6 Å². The summed E-state index contributed by atoms with van der Waals surface area (Å²) in [6.07, 6.45) is 12.7. The fourth-order valence-corrected chi connectivity index (χ4v) is 5.27. The van der Waals surface area contributed by atoms with Crippen molar-refractivity contribution in [3.05, 3.63) is 71.3 Å². The van der Waals surface area contributed by atoms with Gasteiger partial charge < -0.3 is 18.9 Å².